The lowest BCUT2D eigenvalue weighted by Gasteiger charge is -2.16. The third-order valence-electron chi connectivity index (χ3n) is 5.22. The van der Waals surface area contributed by atoms with Gasteiger partial charge in [0.25, 0.3) is 0 Å². The molecule has 0 atom stereocenters. The highest BCUT2D eigenvalue weighted by molar-refractivity contribution is 5.73. The molecule has 9 heteroatoms. The first-order valence-corrected chi connectivity index (χ1v) is 9.42. The fraction of sp³-hybridized carbons (Fsp3) is 0.238. The zero-order valence-corrected chi connectivity index (χ0v) is 15.7. The van der Waals surface area contributed by atoms with E-state index in [1.165, 1.54) is 23.3 Å². The van der Waals surface area contributed by atoms with Gasteiger partial charge in [0, 0.05) is 11.3 Å². The molecular weight excluding hydrogens is 397 g/mol. The largest absolute Gasteiger partial charge is 0.454 e. The number of nitrogen functional groups attached to an aromatic ring is 1. The van der Waals surface area contributed by atoms with E-state index in [1.54, 1.807) is 6.07 Å². The van der Waals surface area contributed by atoms with Crippen LogP contribution in [0.4, 0.5) is 30.6 Å². The Kier molecular flexibility index (Phi) is 4.19. The van der Waals surface area contributed by atoms with Gasteiger partial charge in [0.2, 0.25) is 12.7 Å². The lowest BCUT2D eigenvalue weighted by molar-refractivity contribution is -0.136. The minimum Gasteiger partial charge on any atom is -0.454 e. The first-order chi connectivity index (χ1) is 14.4. The number of nitrogens with zero attached hydrogens (tertiary/aromatic N) is 2. The van der Waals surface area contributed by atoms with Crippen molar-refractivity contribution in [1.82, 2.24) is 9.97 Å². The first-order valence-electron chi connectivity index (χ1n) is 9.42. The van der Waals surface area contributed by atoms with Gasteiger partial charge >= 0.3 is 6.18 Å². The van der Waals surface area contributed by atoms with E-state index in [4.69, 9.17) is 15.2 Å². The first kappa shape index (κ1) is 18.5. The number of rotatable bonds is 3. The predicted molar refractivity (Wildman–Crippen MR) is 105 cm³/mol. The van der Waals surface area contributed by atoms with Crippen molar-refractivity contribution in [3.05, 3.63) is 53.1 Å². The molecule has 1 aliphatic heterocycles. The number of aryl methyl sites for hydroxylation is 2. The molecule has 0 saturated heterocycles. The van der Waals surface area contributed by atoms with E-state index in [0.29, 0.717) is 17.2 Å². The van der Waals surface area contributed by atoms with Crippen molar-refractivity contribution in [2.45, 2.75) is 25.4 Å². The van der Waals surface area contributed by atoms with Gasteiger partial charge in [-0.15, -0.1) is 0 Å². The quantitative estimate of drug-likeness (QED) is 0.646. The van der Waals surface area contributed by atoms with Crippen LogP contribution in [0.25, 0.3) is 11.3 Å². The summed E-state index contributed by atoms with van der Waals surface area (Å²) < 4.78 is 51.8. The van der Waals surface area contributed by atoms with E-state index in [2.05, 4.69) is 15.3 Å². The predicted octanol–water partition coefficient (Wildman–Crippen LogP) is 4.71. The number of nitrogens with two attached hydrogens (primary N) is 1. The number of nitrogens with one attached hydrogen (secondary N) is 1. The maximum Gasteiger partial charge on any atom is 0.422 e. The van der Waals surface area contributed by atoms with Crippen molar-refractivity contribution in [2.24, 2.45) is 0 Å². The summed E-state index contributed by atoms with van der Waals surface area (Å²) >= 11 is 0. The standard InChI is InChI=1S/C21H17F3N4O2/c22-21(23,24)17-18(13-5-7-15-16(9-13)30-10-29-15)27-20(28-19(17)25)26-14-6-4-11-2-1-3-12(11)8-14/h4-9H,1-3,10H2,(H3,25,26,27,28). The Bertz CT molecular complexity index is 1150. The summed E-state index contributed by atoms with van der Waals surface area (Å²) in [7, 11) is 0. The molecule has 0 bridgehead atoms. The minimum atomic E-state index is -4.72. The van der Waals surface area contributed by atoms with Crippen LogP contribution in [0.5, 0.6) is 11.5 Å². The van der Waals surface area contributed by atoms with Crippen LogP contribution >= 0.6 is 0 Å². The summed E-state index contributed by atoms with van der Waals surface area (Å²) in [6.45, 7) is 0.0158. The average Bonchev–Trinajstić information content (AvgIpc) is 3.34. The number of hydrogen-bond acceptors (Lipinski definition) is 6. The number of anilines is 3. The fourth-order valence-corrected chi connectivity index (χ4v) is 3.84. The van der Waals surface area contributed by atoms with Crippen LogP contribution in [0.15, 0.2) is 36.4 Å². The van der Waals surface area contributed by atoms with Crippen molar-refractivity contribution in [2.75, 3.05) is 17.8 Å². The molecule has 1 aromatic heterocycles. The van der Waals surface area contributed by atoms with Crippen LogP contribution in [0.3, 0.4) is 0 Å². The van der Waals surface area contributed by atoms with Crippen molar-refractivity contribution in [3.8, 4) is 22.8 Å². The molecule has 3 aromatic rings. The molecule has 0 unspecified atom stereocenters. The van der Waals surface area contributed by atoms with E-state index in [0.717, 1.165) is 19.3 Å². The second kappa shape index (κ2) is 6.79. The number of benzene rings is 2. The summed E-state index contributed by atoms with van der Waals surface area (Å²) in [6, 6.07) is 10.3. The van der Waals surface area contributed by atoms with E-state index in [9.17, 15) is 13.2 Å². The fourth-order valence-electron chi connectivity index (χ4n) is 3.84. The number of hydrogen-bond donors (Lipinski definition) is 2. The molecule has 30 heavy (non-hydrogen) atoms. The molecule has 2 heterocycles. The van der Waals surface area contributed by atoms with Gasteiger partial charge in [0.1, 0.15) is 11.4 Å². The van der Waals surface area contributed by atoms with E-state index < -0.39 is 17.6 Å². The molecule has 1 aliphatic carbocycles. The van der Waals surface area contributed by atoms with Gasteiger partial charge in [-0.2, -0.15) is 18.2 Å². The Labute approximate surface area is 169 Å². The van der Waals surface area contributed by atoms with E-state index >= 15 is 0 Å². The van der Waals surface area contributed by atoms with Crippen LogP contribution in [-0.2, 0) is 19.0 Å². The number of fused-ring (bicyclic) bond motifs is 2. The highest BCUT2D eigenvalue weighted by atomic mass is 19.4. The molecule has 0 spiro atoms. The van der Waals surface area contributed by atoms with Gasteiger partial charge in [-0.05, 0) is 60.7 Å². The number of alkyl halides is 3. The summed E-state index contributed by atoms with van der Waals surface area (Å²) in [4.78, 5) is 8.03. The Morgan fingerprint density at radius 1 is 0.933 bits per heavy atom. The highest BCUT2D eigenvalue weighted by Gasteiger charge is 2.38. The smallest absolute Gasteiger partial charge is 0.422 e. The van der Waals surface area contributed by atoms with Gasteiger partial charge in [0.05, 0.1) is 5.69 Å². The summed E-state index contributed by atoms with van der Waals surface area (Å²) in [5.74, 6) is 0.164. The third-order valence-corrected chi connectivity index (χ3v) is 5.22. The molecule has 6 nitrogen and oxygen atoms in total. The van der Waals surface area contributed by atoms with Gasteiger partial charge in [-0.3, -0.25) is 0 Å². The Balaban J connectivity index is 1.58. The van der Waals surface area contributed by atoms with Crippen molar-refractivity contribution < 1.29 is 22.6 Å². The second-order valence-electron chi connectivity index (χ2n) is 7.18. The Hall–Kier alpha value is -3.49. The van der Waals surface area contributed by atoms with Gasteiger partial charge in [-0.1, -0.05) is 6.07 Å². The maximum absolute atomic E-state index is 13.7. The van der Waals surface area contributed by atoms with Crippen molar-refractivity contribution >= 4 is 17.5 Å². The highest BCUT2D eigenvalue weighted by Crippen LogP contribution is 2.42. The summed E-state index contributed by atoms with van der Waals surface area (Å²) in [5, 5.41) is 2.99. The molecule has 154 valence electrons. The summed E-state index contributed by atoms with van der Waals surface area (Å²) in [6.07, 6.45) is -1.62. The van der Waals surface area contributed by atoms with Crippen LogP contribution in [-0.4, -0.2) is 16.8 Å². The van der Waals surface area contributed by atoms with E-state index in [1.807, 2.05) is 18.2 Å². The molecule has 0 fully saturated rings. The second-order valence-corrected chi connectivity index (χ2v) is 7.18. The molecule has 2 aliphatic rings. The monoisotopic (exact) mass is 414 g/mol. The number of ether oxygens (including phenoxy) is 2. The molecule has 2 aromatic carbocycles. The number of halogens is 3. The number of aromatic nitrogens is 2. The lowest BCUT2D eigenvalue weighted by Crippen LogP contribution is -2.15. The Morgan fingerprint density at radius 2 is 1.73 bits per heavy atom. The average molecular weight is 414 g/mol. The minimum absolute atomic E-state index is 0.00823. The Morgan fingerprint density at radius 3 is 2.57 bits per heavy atom. The lowest BCUT2D eigenvalue weighted by atomic mass is 10.1. The molecule has 0 amide bonds. The molecule has 0 radical (unpaired) electrons. The van der Waals surface area contributed by atoms with Gasteiger partial charge in [0.15, 0.2) is 11.5 Å². The third kappa shape index (κ3) is 3.26. The van der Waals surface area contributed by atoms with Gasteiger partial charge in [-0.25, -0.2) is 4.98 Å². The van der Waals surface area contributed by atoms with Crippen LogP contribution in [0.1, 0.15) is 23.1 Å². The van der Waals surface area contributed by atoms with E-state index in [-0.39, 0.29) is 24.0 Å². The zero-order chi connectivity index (χ0) is 20.9. The summed E-state index contributed by atoms with van der Waals surface area (Å²) in [5.41, 5.74) is 7.74. The van der Waals surface area contributed by atoms with Gasteiger partial charge < -0.3 is 20.5 Å². The normalized spacial score (nSPS) is 14.6. The zero-order valence-electron chi connectivity index (χ0n) is 15.7. The molecule has 0 saturated carbocycles. The molecular formula is C21H17F3N4O2. The molecule has 5 rings (SSSR count). The molecule has 3 N–H and O–H groups in total. The van der Waals surface area contributed by atoms with Crippen molar-refractivity contribution in [1.29, 1.82) is 0 Å². The SMILES string of the molecule is Nc1nc(Nc2ccc3c(c2)CCC3)nc(-c2ccc3c(c2)OCO3)c1C(F)(F)F. The van der Waals surface area contributed by atoms with Crippen LogP contribution in [0, 0.1) is 0 Å². The van der Waals surface area contributed by atoms with Crippen LogP contribution < -0.4 is 20.5 Å². The van der Waals surface area contributed by atoms with Crippen LogP contribution in [0.2, 0.25) is 0 Å². The maximum atomic E-state index is 13.7. The van der Waals surface area contributed by atoms with Crippen molar-refractivity contribution in [3.63, 3.8) is 0 Å². The topological polar surface area (TPSA) is 82.3 Å².